The molecule has 1 atom stereocenters. The molecule has 0 spiro atoms. The van der Waals surface area contributed by atoms with Gasteiger partial charge in [0.25, 0.3) is 0 Å². The Balaban J connectivity index is 2.20. The largest absolute Gasteiger partial charge is 0.371 e. The second-order valence-corrected chi connectivity index (χ2v) is 4.70. The molecule has 2 heterocycles. The minimum absolute atomic E-state index is 0.254. The summed E-state index contributed by atoms with van der Waals surface area (Å²) in [5.41, 5.74) is 0. The Hall–Kier alpha value is -1.47. The fourth-order valence-electron chi connectivity index (χ4n) is 1.64. The van der Waals surface area contributed by atoms with E-state index in [0.717, 1.165) is 11.4 Å². The molecule has 1 aromatic heterocycles. The predicted molar refractivity (Wildman–Crippen MR) is 64.9 cm³/mol. The van der Waals surface area contributed by atoms with Crippen molar-refractivity contribution >= 4 is 22.5 Å². The molecule has 0 aromatic carbocycles. The highest BCUT2D eigenvalue weighted by Gasteiger charge is 2.38. The summed E-state index contributed by atoms with van der Waals surface area (Å²) in [7, 11) is 0. The Bertz CT molecular complexity index is 434. The number of anilines is 1. The molecule has 1 aromatic rings. The maximum Gasteiger partial charge on any atom is 0.329 e. The van der Waals surface area contributed by atoms with Crippen LogP contribution in [0.15, 0.2) is 12.7 Å². The second kappa shape index (κ2) is 4.80. The van der Waals surface area contributed by atoms with Gasteiger partial charge in [0, 0.05) is 6.54 Å². The molecule has 0 aliphatic carbocycles. The third-order valence-electron chi connectivity index (χ3n) is 2.47. The lowest BCUT2D eigenvalue weighted by atomic mass is 10.5. The zero-order valence-corrected chi connectivity index (χ0v) is 10.4. The fourth-order valence-corrected chi connectivity index (χ4v) is 2.46. The van der Waals surface area contributed by atoms with Gasteiger partial charge >= 0.3 is 6.03 Å². The first kappa shape index (κ1) is 12.0. The van der Waals surface area contributed by atoms with E-state index in [0.29, 0.717) is 11.7 Å². The highest BCUT2D eigenvalue weighted by Crippen LogP contribution is 2.27. The molecule has 0 saturated carbocycles. The van der Waals surface area contributed by atoms with Crippen molar-refractivity contribution in [3.63, 3.8) is 0 Å². The molecule has 0 bridgehead atoms. The number of hydrogen-bond acceptors (Lipinski definition) is 5. The number of aromatic nitrogens is 2. The van der Waals surface area contributed by atoms with Crippen LogP contribution < -0.4 is 4.90 Å². The average molecular weight is 254 g/mol. The summed E-state index contributed by atoms with van der Waals surface area (Å²) in [6.07, 6.45) is 1.54. The maximum absolute atomic E-state index is 12.0. The number of β-amino-alcohol motifs (C(OH)–C–C–N with tert-alkyl or cyclic N) is 1. The van der Waals surface area contributed by atoms with E-state index in [1.54, 1.807) is 6.08 Å². The molecule has 1 fully saturated rings. The first-order chi connectivity index (χ1) is 8.17. The van der Waals surface area contributed by atoms with Gasteiger partial charge in [-0.05, 0) is 6.42 Å². The topological polar surface area (TPSA) is 69.6 Å². The number of carbonyl (C=O) groups is 1. The molecular formula is C10H14N4O2S. The molecule has 1 aliphatic heterocycles. The van der Waals surface area contributed by atoms with E-state index in [2.05, 4.69) is 16.8 Å². The normalized spacial score (nSPS) is 20.1. The lowest BCUT2D eigenvalue weighted by Gasteiger charge is -2.15. The summed E-state index contributed by atoms with van der Waals surface area (Å²) >= 11 is 1.33. The average Bonchev–Trinajstić information content (AvgIpc) is 2.86. The summed E-state index contributed by atoms with van der Waals surface area (Å²) in [5, 5.41) is 19.0. The van der Waals surface area contributed by atoms with Gasteiger partial charge in [-0.15, -0.1) is 16.8 Å². The molecule has 1 N–H and O–H groups in total. The third kappa shape index (κ3) is 2.16. The molecule has 2 amide bonds. The number of carbonyl (C=O) groups excluding carboxylic acids is 1. The van der Waals surface area contributed by atoms with E-state index in [1.165, 1.54) is 21.1 Å². The molecule has 1 saturated heterocycles. The van der Waals surface area contributed by atoms with Gasteiger partial charge in [0.05, 0.1) is 6.54 Å². The molecule has 0 radical (unpaired) electrons. The Morgan fingerprint density at radius 2 is 2.41 bits per heavy atom. The van der Waals surface area contributed by atoms with E-state index in [1.807, 2.05) is 6.92 Å². The monoisotopic (exact) mass is 254 g/mol. The van der Waals surface area contributed by atoms with E-state index in [4.69, 9.17) is 0 Å². The number of nitrogens with zero attached hydrogens (tertiary/aromatic N) is 4. The molecule has 1 aliphatic rings. The predicted octanol–water partition coefficient (Wildman–Crippen LogP) is 0.847. The molecular weight excluding hydrogens is 240 g/mol. The van der Waals surface area contributed by atoms with Crippen LogP contribution >= 0.6 is 11.3 Å². The molecule has 6 nitrogen and oxygen atoms in total. The highest BCUT2D eigenvalue weighted by molar-refractivity contribution is 7.15. The summed E-state index contributed by atoms with van der Waals surface area (Å²) in [5.74, 6) is 0. The van der Waals surface area contributed by atoms with Crippen LogP contribution in [0.5, 0.6) is 0 Å². The maximum atomic E-state index is 12.0. The lowest BCUT2D eigenvalue weighted by molar-refractivity contribution is 0.180. The number of rotatable bonds is 4. The van der Waals surface area contributed by atoms with Crippen molar-refractivity contribution < 1.29 is 9.90 Å². The van der Waals surface area contributed by atoms with E-state index >= 15 is 0 Å². The fraction of sp³-hybridized carbons (Fsp3) is 0.500. The number of amides is 2. The van der Waals surface area contributed by atoms with Crippen LogP contribution in [0.1, 0.15) is 11.9 Å². The number of aliphatic hydroxyl groups is 1. The Labute approximate surface area is 103 Å². The molecule has 7 heteroatoms. The molecule has 17 heavy (non-hydrogen) atoms. The summed E-state index contributed by atoms with van der Waals surface area (Å²) < 4.78 is 0. The number of hydrogen-bond donors (Lipinski definition) is 1. The van der Waals surface area contributed by atoms with Crippen molar-refractivity contribution in [2.45, 2.75) is 19.6 Å². The smallest absolute Gasteiger partial charge is 0.329 e. The van der Waals surface area contributed by atoms with Crippen LogP contribution in [0.2, 0.25) is 0 Å². The molecule has 1 unspecified atom stereocenters. The van der Waals surface area contributed by atoms with Crippen LogP contribution in [0.25, 0.3) is 0 Å². The van der Waals surface area contributed by atoms with Crippen molar-refractivity contribution in [3.05, 3.63) is 17.7 Å². The SMILES string of the molecule is C=CCN1CC(O)N(c2nnc(CC)s2)C1=O. The highest BCUT2D eigenvalue weighted by atomic mass is 32.1. The van der Waals surface area contributed by atoms with E-state index in [9.17, 15) is 9.90 Å². The molecule has 92 valence electrons. The zero-order valence-electron chi connectivity index (χ0n) is 9.54. The van der Waals surface area contributed by atoms with Crippen molar-refractivity contribution in [1.29, 1.82) is 0 Å². The van der Waals surface area contributed by atoms with Gasteiger partial charge in [0.2, 0.25) is 5.13 Å². The standard InChI is InChI=1S/C10H14N4O2S/c1-3-5-13-6-8(15)14(10(13)16)9-12-11-7(4-2)17-9/h3,8,15H,1,4-6H2,2H3. The van der Waals surface area contributed by atoms with E-state index in [-0.39, 0.29) is 12.6 Å². The van der Waals surface area contributed by atoms with Gasteiger partial charge < -0.3 is 10.0 Å². The van der Waals surface area contributed by atoms with E-state index < -0.39 is 6.23 Å². The van der Waals surface area contributed by atoms with Gasteiger partial charge in [-0.1, -0.05) is 24.3 Å². The van der Waals surface area contributed by atoms with Crippen LogP contribution in [0, 0.1) is 0 Å². The van der Waals surface area contributed by atoms with Crippen LogP contribution in [0.3, 0.4) is 0 Å². The quantitative estimate of drug-likeness (QED) is 0.809. The Morgan fingerprint density at radius 3 is 3.00 bits per heavy atom. The van der Waals surface area contributed by atoms with Crippen molar-refractivity contribution in [2.75, 3.05) is 18.0 Å². The third-order valence-corrected chi connectivity index (χ3v) is 3.54. The minimum Gasteiger partial charge on any atom is -0.371 e. The van der Waals surface area contributed by atoms with Gasteiger partial charge in [0.1, 0.15) is 5.01 Å². The van der Waals surface area contributed by atoms with Gasteiger partial charge in [-0.25, -0.2) is 9.69 Å². The second-order valence-electron chi connectivity index (χ2n) is 3.66. The number of urea groups is 1. The summed E-state index contributed by atoms with van der Waals surface area (Å²) in [4.78, 5) is 14.8. The molecule has 2 rings (SSSR count). The Kier molecular flexibility index (Phi) is 3.39. The van der Waals surface area contributed by atoms with Crippen LogP contribution in [-0.4, -0.2) is 45.6 Å². The van der Waals surface area contributed by atoms with Gasteiger partial charge in [-0.2, -0.15) is 0 Å². The first-order valence-electron chi connectivity index (χ1n) is 5.36. The summed E-state index contributed by atoms with van der Waals surface area (Å²) in [6.45, 7) is 6.24. The van der Waals surface area contributed by atoms with Gasteiger partial charge in [0.15, 0.2) is 6.23 Å². The first-order valence-corrected chi connectivity index (χ1v) is 6.18. The van der Waals surface area contributed by atoms with Crippen molar-refractivity contribution in [3.8, 4) is 0 Å². The van der Waals surface area contributed by atoms with Crippen LogP contribution in [-0.2, 0) is 6.42 Å². The lowest BCUT2D eigenvalue weighted by Crippen LogP contribution is -2.34. The zero-order chi connectivity index (χ0) is 12.4. The van der Waals surface area contributed by atoms with Crippen molar-refractivity contribution in [2.24, 2.45) is 0 Å². The Morgan fingerprint density at radius 1 is 1.65 bits per heavy atom. The van der Waals surface area contributed by atoms with Gasteiger partial charge in [-0.3, -0.25) is 0 Å². The number of aryl methyl sites for hydroxylation is 1. The summed E-state index contributed by atoms with van der Waals surface area (Å²) in [6, 6.07) is -0.254. The van der Waals surface area contributed by atoms with Crippen LogP contribution in [0.4, 0.5) is 9.93 Å². The number of aliphatic hydroxyl groups excluding tert-OH is 1. The minimum atomic E-state index is -0.861. The van der Waals surface area contributed by atoms with Crippen molar-refractivity contribution in [1.82, 2.24) is 15.1 Å².